The van der Waals surface area contributed by atoms with E-state index in [1.165, 1.54) is 22.3 Å². The number of carbonyl (C=O) groups excluding carboxylic acids is 2. The molecular weight excluding hydrogens is 520 g/mol. The number of carbonyl (C=O) groups is 2. The van der Waals surface area contributed by atoms with E-state index >= 15 is 0 Å². The number of fused-ring (bicyclic) bond motifs is 1. The molecule has 1 atom stereocenters. The molecule has 1 aliphatic heterocycles. The van der Waals surface area contributed by atoms with Crippen molar-refractivity contribution in [1.29, 1.82) is 0 Å². The molecule has 0 fully saturated rings. The molecule has 4 aromatic rings. The highest BCUT2D eigenvalue weighted by molar-refractivity contribution is 7.22. The normalized spacial score (nSPS) is 15.7. The van der Waals surface area contributed by atoms with Crippen molar-refractivity contribution >= 4 is 56.1 Å². The largest absolute Gasteiger partial charge is 0.503 e. The Hall–Kier alpha value is -3.94. The highest BCUT2D eigenvalue weighted by Gasteiger charge is 2.45. The summed E-state index contributed by atoms with van der Waals surface area (Å²) in [5.74, 6) is -1.12. The Balaban J connectivity index is 1.58. The molecule has 1 unspecified atom stereocenters. The number of benzene rings is 3. The minimum atomic E-state index is -0.888. The van der Waals surface area contributed by atoms with Crippen molar-refractivity contribution in [3.05, 3.63) is 106 Å². The minimum Gasteiger partial charge on any atom is -0.503 e. The minimum absolute atomic E-state index is 0.00909. The number of thiazole rings is 1. The summed E-state index contributed by atoms with van der Waals surface area (Å²) in [6.07, 6.45) is 4.94. The molecule has 1 amide bonds. The number of hydrogen-bond donors (Lipinski definition) is 1. The van der Waals surface area contributed by atoms with Crippen molar-refractivity contribution in [1.82, 2.24) is 4.98 Å². The lowest BCUT2D eigenvalue weighted by atomic mass is 9.95. The maximum Gasteiger partial charge on any atom is 0.296 e. The van der Waals surface area contributed by atoms with Gasteiger partial charge in [-0.1, -0.05) is 84.8 Å². The quantitative estimate of drug-likeness (QED) is 0.176. The third-order valence-corrected chi connectivity index (χ3v) is 7.44. The summed E-state index contributed by atoms with van der Waals surface area (Å²) in [7, 11) is 0. The van der Waals surface area contributed by atoms with Crippen LogP contribution in [0.5, 0.6) is 5.75 Å². The molecule has 0 saturated heterocycles. The van der Waals surface area contributed by atoms with Gasteiger partial charge in [0.2, 0.25) is 0 Å². The van der Waals surface area contributed by atoms with Gasteiger partial charge in [-0.05, 0) is 54.0 Å². The molecule has 0 aliphatic carbocycles. The Kier molecular flexibility index (Phi) is 7.58. The number of aliphatic hydroxyl groups is 1. The summed E-state index contributed by atoms with van der Waals surface area (Å²) in [6, 6.07) is 21.0. The number of hydrogen-bond acceptors (Lipinski definition) is 6. The fourth-order valence-corrected chi connectivity index (χ4v) is 5.56. The second kappa shape index (κ2) is 11.2. The Labute approximate surface area is 229 Å². The summed E-state index contributed by atoms with van der Waals surface area (Å²) in [5, 5.41) is 11.9. The summed E-state index contributed by atoms with van der Waals surface area (Å²) in [4.78, 5) is 33.0. The summed E-state index contributed by atoms with van der Waals surface area (Å²) < 4.78 is 6.69. The molecule has 0 spiro atoms. The molecule has 1 N–H and O–H groups in total. The second-order valence-corrected chi connectivity index (χ2v) is 10.3. The second-order valence-electron chi connectivity index (χ2n) is 8.83. The molecule has 0 saturated carbocycles. The number of amides is 1. The number of halogens is 1. The van der Waals surface area contributed by atoms with E-state index in [2.05, 4.69) is 11.9 Å². The van der Waals surface area contributed by atoms with Crippen LogP contribution in [-0.4, -0.2) is 28.4 Å². The van der Waals surface area contributed by atoms with Gasteiger partial charge in [0.25, 0.3) is 5.91 Å². The van der Waals surface area contributed by atoms with Gasteiger partial charge in [-0.15, -0.1) is 0 Å². The van der Waals surface area contributed by atoms with Crippen molar-refractivity contribution in [2.24, 2.45) is 0 Å². The van der Waals surface area contributed by atoms with E-state index in [4.69, 9.17) is 16.3 Å². The average Bonchev–Trinajstić information content (AvgIpc) is 3.45. The smallest absolute Gasteiger partial charge is 0.296 e. The van der Waals surface area contributed by atoms with Gasteiger partial charge < -0.3 is 9.84 Å². The first-order valence-corrected chi connectivity index (χ1v) is 13.5. The van der Waals surface area contributed by atoms with E-state index in [-0.39, 0.29) is 5.57 Å². The van der Waals surface area contributed by atoms with Crippen molar-refractivity contribution in [2.75, 3.05) is 11.5 Å². The zero-order chi connectivity index (χ0) is 26.6. The van der Waals surface area contributed by atoms with Crippen LogP contribution in [0.15, 0.2) is 90.2 Å². The van der Waals surface area contributed by atoms with Crippen LogP contribution >= 0.6 is 22.9 Å². The molecule has 5 rings (SSSR count). The van der Waals surface area contributed by atoms with Crippen molar-refractivity contribution < 1.29 is 19.4 Å². The van der Waals surface area contributed by atoms with Crippen LogP contribution in [0, 0.1) is 0 Å². The predicted octanol–water partition coefficient (Wildman–Crippen LogP) is 7.31. The number of aliphatic hydroxyl groups excluding tert-OH is 1. The van der Waals surface area contributed by atoms with Gasteiger partial charge in [0.15, 0.2) is 16.7 Å². The number of nitrogens with zero attached hydrogens (tertiary/aromatic N) is 2. The van der Waals surface area contributed by atoms with E-state index in [0.717, 1.165) is 23.1 Å². The molecule has 1 aromatic heterocycles. The molecule has 192 valence electrons. The summed E-state index contributed by atoms with van der Waals surface area (Å²) in [5.41, 5.74) is 2.12. The predicted molar refractivity (Wildman–Crippen MR) is 152 cm³/mol. The Morgan fingerprint density at radius 2 is 1.95 bits per heavy atom. The lowest BCUT2D eigenvalue weighted by molar-refractivity contribution is -0.117. The summed E-state index contributed by atoms with van der Waals surface area (Å²) >= 11 is 7.44. The van der Waals surface area contributed by atoms with Gasteiger partial charge in [-0.3, -0.25) is 14.5 Å². The lowest BCUT2D eigenvalue weighted by Crippen LogP contribution is -2.30. The fourth-order valence-electron chi connectivity index (χ4n) is 4.29. The standard InChI is InChI=1S/C30H25ClN2O4S/c1-2-3-16-37-22-11-7-10-20(17-22)27-26(24(34)15-12-19-8-5-4-6-9-19)28(35)29(36)33(27)30-32-23-14-13-21(31)18-25(23)38-30/h4-15,17-18,27,35H,2-3,16H2,1H3. The van der Waals surface area contributed by atoms with Crippen LogP contribution in [0.3, 0.4) is 0 Å². The Bertz CT molecular complexity index is 1560. The fraction of sp³-hybridized carbons (Fsp3) is 0.167. The van der Waals surface area contributed by atoms with Crippen LogP contribution in [0.1, 0.15) is 36.9 Å². The number of unbranched alkanes of at least 4 members (excludes halogenated alkanes) is 1. The highest BCUT2D eigenvalue weighted by atomic mass is 35.5. The van der Waals surface area contributed by atoms with Gasteiger partial charge >= 0.3 is 0 Å². The number of ether oxygens (including phenoxy) is 1. The molecule has 0 bridgehead atoms. The van der Waals surface area contributed by atoms with Crippen LogP contribution in [0.2, 0.25) is 5.02 Å². The van der Waals surface area contributed by atoms with Gasteiger partial charge in [0, 0.05) is 5.02 Å². The van der Waals surface area contributed by atoms with Crippen LogP contribution in [0.25, 0.3) is 16.3 Å². The van der Waals surface area contributed by atoms with Gasteiger partial charge in [-0.2, -0.15) is 0 Å². The monoisotopic (exact) mass is 544 g/mol. The lowest BCUT2D eigenvalue weighted by Gasteiger charge is -2.24. The van der Waals surface area contributed by atoms with Gasteiger partial charge in [0.05, 0.1) is 28.4 Å². The molecule has 1 aliphatic rings. The Morgan fingerprint density at radius 1 is 1.13 bits per heavy atom. The molecule has 6 nitrogen and oxygen atoms in total. The zero-order valence-electron chi connectivity index (χ0n) is 20.6. The first kappa shape index (κ1) is 25.7. The maximum atomic E-state index is 13.5. The third-order valence-electron chi connectivity index (χ3n) is 6.19. The molecule has 38 heavy (non-hydrogen) atoms. The first-order chi connectivity index (χ1) is 18.5. The van der Waals surface area contributed by atoms with E-state index < -0.39 is 23.5 Å². The van der Waals surface area contributed by atoms with E-state index in [9.17, 15) is 14.7 Å². The zero-order valence-corrected chi connectivity index (χ0v) is 22.2. The molecule has 2 heterocycles. The van der Waals surface area contributed by atoms with Crippen LogP contribution in [-0.2, 0) is 9.59 Å². The molecular formula is C30H25ClN2O4S. The molecule has 8 heteroatoms. The average molecular weight is 545 g/mol. The van der Waals surface area contributed by atoms with Crippen LogP contribution in [0.4, 0.5) is 5.13 Å². The third kappa shape index (κ3) is 5.21. The first-order valence-electron chi connectivity index (χ1n) is 12.3. The number of anilines is 1. The highest BCUT2D eigenvalue weighted by Crippen LogP contribution is 2.44. The topological polar surface area (TPSA) is 79.7 Å². The number of allylic oxidation sites excluding steroid dienone is 1. The van der Waals surface area contributed by atoms with Crippen molar-refractivity contribution in [3.63, 3.8) is 0 Å². The van der Waals surface area contributed by atoms with E-state index in [0.29, 0.717) is 33.6 Å². The molecule has 0 radical (unpaired) electrons. The molecule has 3 aromatic carbocycles. The number of ketones is 1. The number of rotatable bonds is 9. The van der Waals surface area contributed by atoms with Crippen LogP contribution < -0.4 is 9.64 Å². The van der Waals surface area contributed by atoms with E-state index in [1.54, 1.807) is 30.3 Å². The van der Waals surface area contributed by atoms with Gasteiger partial charge in [0.1, 0.15) is 5.75 Å². The van der Waals surface area contributed by atoms with Gasteiger partial charge in [-0.25, -0.2) is 4.98 Å². The van der Waals surface area contributed by atoms with E-state index in [1.807, 2.05) is 48.5 Å². The SMILES string of the molecule is CCCCOc1cccc(C2C(C(=O)C=Cc3ccccc3)=C(O)C(=O)N2c2nc3ccc(Cl)cc3s2)c1. The maximum absolute atomic E-state index is 13.5. The van der Waals surface area contributed by atoms with Crippen molar-refractivity contribution in [3.8, 4) is 5.75 Å². The number of aromatic nitrogens is 1. The summed E-state index contributed by atoms with van der Waals surface area (Å²) in [6.45, 7) is 2.64. The van der Waals surface area contributed by atoms with Crippen molar-refractivity contribution in [2.45, 2.75) is 25.8 Å². The Morgan fingerprint density at radius 3 is 2.74 bits per heavy atom.